The molecule has 0 saturated heterocycles. The summed E-state index contributed by atoms with van der Waals surface area (Å²) < 4.78 is 45.9. The van der Waals surface area contributed by atoms with Gasteiger partial charge in [0.2, 0.25) is 5.82 Å². The number of pyridine rings is 2. The minimum absolute atomic E-state index is 0.190. The molecule has 0 fully saturated rings. The Morgan fingerprint density at radius 1 is 1.04 bits per heavy atom. The molecule has 5 rings (SSSR count). The van der Waals surface area contributed by atoms with Gasteiger partial charge >= 0.3 is 12.3 Å². The van der Waals surface area contributed by atoms with E-state index in [9.17, 15) is 13.2 Å². The third-order valence-corrected chi connectivity index (χ3v) is 5.90. The van der Waals surface area contributed by atoms with Gasteiger partial charge in [0.25, 0.3) is 22.9 Å². The Hall–Kier alpha value is -2.77. The van der Waals surface area contributed by atoms with Crippen LogP contribution in [0.4, 0.5) is 13.2 Å². The smallest absolute Gasteiger partial charge is 0.219 e. The fourth-order valence-corrected chi connectivity index (χ4v) is 4.62. The van der Waals surface area contributed by atoms with Gasteiger partial charge in [-0.3, -0.25) is 0 Å². The molecule has 27 heavy (non-hydrogen) atoms. The average molecular weight is 373 g/mol. The van der Waals surface area contributed by atoms with Gasteiger partial charge in [-0.05, 0) is 25.0 Å². The highest BCUT2D eigenvalue weighted by Crippen LogP contribution is 2.44. The molecule has 138 valence electrons. The van der Waals surface area contributed by atoms with Crippen LogP contribution in [-0.4, -0.2) is 14.8 Å². The van der Waals surface area contributed by atoms with E-state index in [1.165, 1.54) is 4.68 Å². The molecule has 3 aromatic rings. The van der Waals surface area contributed by atoms with Crippen LogP contribution in [0.1, 0.15) is 38.7 Å². The average Bonchev–Trinajstić information content (AvgIpc) is 3.26. The predicted octanol–water partition coefficient (Wildman–Crippen LogP) is 3.10. The molecule has 1 unspecified atom stereocenters. The summed E-state index contributed by atoms with van der Waals surface area (Å²) in [5.41, 5.74) is 2.03. The standard InChI is InChI=1S/C19H18F3N5/c1-3-18(4-2)17-25-11-6-5-8-12(25)13-9-7-10-14(26(13)17)15-23-16(19(20,21)22)24-27(15)18/h5-11,17H,3-4H2,1-2H3/q+2. The number of hydrogen-bond acceptors (Lipinski definition) is 2. The van der Waals surface area contributed by atoms with Crippen LogP contribution >= 0.6 is 0 Å². The molecule has 3 aromatic heterocycles. The zero-order chi connectivity index (χ0) is 19.0. The molecule has 0 bridgehead atoms. The lowest BCUT2D eigenvalue weighted by Gasteiger charge is -2.34. The van der Waals surface area contributed by atoms with E-state index in [1.54, 1.807) is 0 Å². The summed E-state index contributed by atoms with van der Waals surface area (Å²) >= 11 is 0. The monoisotopic (exact) mass is 373 g/mol. The lowest BCUT2D eigenvalue weighted by molar-refractivity contribution is -0.921. The van der Waals surface area contributed by atoms with Gasteiger partial charge in [-0.15, -0.1) is 14.2 Å². The van der Waals surface area contributed by atoms with Crippen LogP contribution in [0.2, 0.25) is 0 Å². The second-order valence-corrected chi connectivity index (χ2v) is 7.01. The van der Waals surface area contributed by atoms with E-state index in [4.69, 9.17) is 0 Å². The highest BCUT2D eigenvalue weighted by atomic mass is 19.4. The first-order chi connectivity index (χ1) is 12.9. The van der Waals surface area contributed by atoms with Crippen LogP contribution in [-0.2, 0) is 11.7 Å². The van der Waals surface area contributed by atoms with Gasteiger partial charge in [0.15, 0.2) is 11.7 Å². The predicted molar refractivity (Wildman–Crippen MR) is 89.3 cm³/mol. The summed E-state index contributed by atoms with van der Waals surface area (Å²) in [4.78, 5) is 3.92. The molecule has 0 amide bonds. The maximum absolute atomic E-state index is 13.4. The van der Waals surface area contributed by atoms with E-state index in [1.807, 2.05) is 56.4 Å². The van der Waals surface area contributed by atoms with Crippen molar-refractivity contribution >= 4 is 0 Å². The molecule has 0 aromatic carbocycles. The minimum Gasteiger partial charge on any atom is -0.219 e. The van der Waals surface area contributed by atoms with Gasteiger partial charge < -0.3 is 0 Å². The number of halogens is 3. The van der Waals surface area contributed by atoms with Crippen molar-refractivity contribution in [1.82, 2.24) is 14.8 Å². The molecule has 0 N–H and O–H groups in total. The quantitative estimate of drug-likeness (QED) is 0.648. The first-order valence-electron chi connectivity index (χ1n) is 9.02. The molecule has 0 saturated carbocycles. The van der Waals surface area contributed by atoms with E-state index in [-0.39, 0.29) is 12.0 Å². The summed E-state index contributed by atoms with van der Waals surface area (Å²) in [5.74, 6) is -0.808. The Morgan fingerprint density at radius 3 is 2.44 bits per heavy atom. The number of alkyl halides is 3. The molecular weight excluding hydrogens is 355 g/mol. The lowest BCUT2D eigenvalue weighted by Crippen LogP contribution is -2.67. The normalized spacial score (nSPS) is 18.8. The van der Waals surface area contributed by atoms with Crippen LogP contribution in [0.25, 0.3) is 22.9 Å². The van der Waals surface area contributed by atoms with Crippen LogP contribution in [0, 0.1) is 0 Å². The largest absolute Gasteiger partial charge is 0.453 e. The van der Waals surface area contributed by atoms with Gasteiger partial charge in [-0.1, -0.05) is 13.8 Å². The first-order valence-corrected chi connectivity index (χ1v) is 9.02. The summed E-state index contributed by atoms with van der Waals surface area (Å²) in [6.07, 6.45) is -1.52. The summed E-state index contributed by atoms with van der Waals surface area (Å²) in [6.45, 7) is 4.00. The van der Waals surface area contributed by atoms with E-state index >= 15 is 0 Å². The Labute approximate surface area is 153 Å². The summed E-state index contributed by atoms with van der Waals surface area (Å²) in [7, 11) is 0. The zero-order valence-corrected chi connectivity index (χ0v) is 14.9. The Kier molecular flexibility index (Phi) is 3.13. The van der Waals surface area contributed by atoms with Gasteiger partial charge in [-0.25, -0.2) is 4.68 Å². The van der Waals surface area contributed by atoms with E-state index in [0.29, 0.717) is 18.5 Å². The molecule has 5 nitrogen and oxygen atoms in total. The number of aromatic nitrogens is 5. The van der Waals surface area contributed by atoms with Crippen molar-refractivity contribution < 1.29 is 22.3 Å². The van der Waals surface area contributed by atoms with Crippen molar-refractivity contribution in [3.63, 3.8) is 0 Å². The topological polar surface area (TPSA) is 38.5 Å². The highest BCUT2D eigenvalue weighted by Gasteiger charge is 2.63. The fourth-order valence-electron chi connectivity index (χ4n) is 4.62. The van der Waals surface area contributed by atoms with Gasteiger partial charge in [-0.2, -0.15) is 18.2 Å². The number of rotatable bonds is 2. The Balaban J connectivity index is 1.91. The Morgan fingerprint density at radius 2 is 1.74 bits per heavy atom. The van der Waals surface area contributed by atoms with Crippen LogP contribution in [0.5, 0.6) is 0 Å². The zero-order valence-electron chi connectivity index (χ0n) is 14.9. The second-order valence-electron chi connectivity index (χ2n) is 7.01. The molecule has 2 aliphatic rings. The molecule has 8 heteroatoms. The van der Waals surface area contributed by atoms with Crippen molar-refractivity contribution in [2.45, 2.75) is 44.6 Å². The van der Waals surface area contributed by atoms with Crippen molar-refractivity contribution in [2.75, 3.05) is 0 Å². The molecule has 5 heterocycles. The number of nitrogens with zero attached hydrogens (tertiary/aromatic N) is 5. The molecule has 0 aliphatic carbocycles. The van der Waals surface area contributed by atoms with E-state index in [0.717, 1.165) is 11.4 Å². The van der Waals surface area contributed by atoms with Crippen LogP contribution in [0.3, 0.4) is 0 Å². The third-order valence-electron chi connectivity index (χ3n) is 5.90. The lowest BCUT2D eigenvalue weighted by atomic mass is 9.87. The van der Waals surface area contributed by atoms with Crippen LogP contribution in [0.15, 0.2) is 42.6 Å². The fraction of sp³-hybridized carbons (Fsp3) is 0.368. The third kappa shape index (κ3) is 1.90. The van der Waals surface area contributed by atoms with Crippen molar-refractivity contribution in [2.24, 2.45) is 0 Å². The minimum atomic E-state index is -4.58. The summed E-state index contributed by atoms with van der Waals surface area (Å²) in [6, 6.07) is 11.6. The van der Waals surface area contributed by atoms with Crippen molar-refractivity contribution in [1.29, 1.82) is 0 Å². The van der Waals surface area contributed by atoms with Gasteiger partial charge in [0.05, 0.1) is 0 Å². The molecule has 1 atom stereocenters. The summed E-state index contributed by atoms with van der Waals surface area (Å²) in [5, 5.41) is 3.96. The van der Waals surface area contributed by atoms with E-state index in [2.05, 4.69) is 19.2 Å². The molecule has 0 spiro atoms. The van der Waals surface area contributed by atoms with Gasteiger partial charge in [0, 0.05) is 24.3 Å². The number of fused-ring (bicyclic) bond motifs is 5. The highest BCUT2D eigenvalue weighted by molar-refractivity contribution is 5.55. The first kappa shape index (κ1) is 16.4. The van der Waals surface area contributed by atoms with Crippen LogP contribution < -0.4 is 9.13 Å². The maximum atomic E-state index is 13.4. The Bertz CT molecular complexity index is 1070. The second kappa shape index (κ2) is 5.15. The number of hydrogen-bond donors (Lipinski definition) is 0. The SMILES string of the molecule is CCC1(CC)C2[n+]3ccccc3-c3cccc([n+]32)-c2nc(C(F)(F)F)nn21. The maximum Gasteiger partial charge on any atom is 0.453 e. The van der Waals surface area contributed by atoms with Gasteiger partial charge in [0.1, 0.15) is 0 Å². The molecule has 0 radical (unpaired) electrons. The molecular formula is C19H18F3N5+2. The molecule has 2 aliphatic heterocycles. The van der Waals surface area contributed by atoms with Crippen molar-refractivity contribution in [3.8, 4) is 22.9 Å². The van der Waals surface area contributed by atoms with E-state index < -0.39 is 17.5 Å². The van der Waals surface area contributed by atoms with Crippen molar-refractivity contribution in [3.05, 3.63) is 48.4 Å².